The molecule has 3 rings (SSSR count). The van der Waals surface area contributed by atoms with Crippen molar-refractivity contribution in [1.82, 2.24) is 0 Å². The highest BCUT2D eigenvalue weighted by Crippen LogP contribution is 2.44. The van der Waals surface area contributed by atoms with Crippen molar-refractivity contribution in [2.75, 3.05) is 6.61 Å². The van der Waals surface area contributed by atoms with Crippen LogP contribution in [0.3, 0.4) is 0 Å². The third-order valence-corrected chi connectivity index (χ3v) is 4.40. The smallest absolute Gasteiger partial charge is 0.308 e. The van der Waals surface area contributed by atoms with Gasteiger partial charge in [0.2, 0.25) is 0 Å². The lowest BCUT2D eigenvalue weighted by molar-refractivity contribution is -0.134. The number of benzene rings is 2. The Bertz CT molecular complexity index is 836. The fourth-order valence-electron chi connectivity index (χ4n) is 3.33. The maximum Gasteiger partial charge on any atom is 0.308 e. The topological polar surface area (TPSA) is 52.6 Å². The van der Waals surface area contributed by atoms with E-state index in [1.807, 2.05) is 54.6 Å². The number of rotatable bonds is 7. The van der Waals surface area contributed by atoms with Crippen LogP contribution in [0.1, 0.15) is 42.9 Å². The van der Waals surface area contributed by atoms with Crippen molar-refractivity contribution >= 4 is 17.5 Å². The van der Waals surface area contributed by atoms with E-state index in [9.17, 15) is 9.59 Å². The highest BCUT2D eigenvalue weighted by atomic mass is 16.5. The molecule has 4 heteroatoms. The predicted octanol–water partition coefficient (Wildman–Crippen LogP) is 4.25. The zero-order valence-electron chi connectivity index (χ0n) is 15.0. The molecule has 0 aliphatic heterocycles. The number of esters is 1. The first-order valence-corrected chi connectivity index (χ1v) is 8.68. The number of hydrogen-bond donors (Lipinski definition) is 0. The molecule has 0 heterocycles. The van der Waals surface area contributed by atoms with E-state index in [1.165, 1.54) is 6.92 Å². The molecule has 2 aromatic carbocycles. The first kappa shape index (κ1) is 18.1. The van der Waals surface area contributed by atoms with Gasteiger partial charge < -0.3 is 9.47 Å². The highest BCUT2D eigenvalue weighted by Gasteiger charge is 2.33. The fourth-order valence-corrected chi connectivity index (χ4v) is 3.33. The Hall–Kier alpha value is -2.72. The van der Waals surface area contributed by atoms with Gasteiger partial charge in [0.25, 0.3) is 0 Å². The Morgan fingerprint density at radius 2 is 1.62 bits per heavy atom. The van der Waals surface area contributed by atoms with Crippen LogP contribution in [-0.2, 0) is 25.7 Å². The second-order valence-electron chi connectivity index (χ2n) is 6.47. The average molecular weight is 350 g/mol. The molecule has 0 saturated heterocycles. The van der Waals surface area contributed by atoms with Crippen LogP contribution in [0, 0.1) is 0 Å². The van der Waals surface area contributed by atoms with E-state index in [-0.39, 0.29) is 17.7 Å². The number of hydrogen-bond acceptors (Lipinski definition) is 4. The van der Waals surface area contributed by atoms with Crippen molar-refractivity contribution in [2.45, 2.75) is 32.8 Å². The summed E-state index contributed by atoms with van der Waals surface area (Å²) in [6.45, 7) is 3.73. The maximum atomic E-state index is 11.8. The Labute approximate surface area is 153 Å². The van der Waals surface area contributed by atoms with Crippen molar-refractivity contribution in [3.05, 3.63) is 76.9 Å². The van der Waals surface area contributed by atoms with E-state index in [1.54, 1.807) is 6.92 Å². The first-order valence-electron chi connectivity index (χ1n) is 8.68. The minimum Gasteiger partial charge on any atom is -0.426 e. The summed E-state index contributed by atoms with van der Waals surface area (Å²) in [6.07, 6.45) is 0.367. The standard InChI is InChI=1S/C22H22O4/c1-15(23)12-20-18-10-6-7-11-19(18)22(26-16(2)24)21(20)14-25-13-17-8-4-3-5-9-17/h3-11,20H,12-14H2,1-2H3. The third-order valence-electron chi connectivity index (χ3n) is 4.40. The van der Waals surface area contributed by atoms with Gasteiger partial charge in [-0.05, 0) is 18.1 Å². The Morgan fingerprint density at radius 3 is 2.31 bits per heavy atom. The van der Waals surface area contributed by atoms with Crippen molar-refractivity contribution < 1.29 is 19.1 Å². The number of carbonyl (C=O) groups is 2. The van der Waals surface area contributed by atoms with Crippen LogP contribution in [0.25, 0.3) is 5.76 Å². The van der Waals surface area contributed by atoms with Gasteiger partial charge in [0.15, 0.2) is 0 Å². The van der Waals surface area contributed by atoms with Gasteiger partial charge in [-0.1, -0.05) is 54.6 Å². The van der Waals surface area contributed by atoms with Gasteiger partial charge in [0.1, 0.15) is 11.5 Å². The number of ether oxygens (including phenoxy) is 2. The van der Waals surface area contributed by atoms with Crippen LogP contribution in [0.5, 0.6) is 0 Å². The van der Waals surface area contributed by atoms with Crippen molar-refractivity contribution in [2.24, 2.45) is 0 Å². The summed E-state index contributed by atoms with van der Waals surface area (Å²) in [5.41, 5.74) is 3.80. The quantitative estimate of drug-likeness (QED) is 0.701. The number of fused-ring (bicyclic) bond motifs is 1. The van der Waals surface area contributed by atoms with Gasteiger partial charge in [-0.25, -0.2) is 0 Å². The zero-order chi connectivity index (χ0) is 18.5. The molecular formula is C22H22O4. The van der Waals surface area contributed by atoms with Crippen molar-refractivity contribution in [3.63, 3.8) is 0 Å². The van der Waals surface area contributed by atoms with E-state index in [0.717, 1.165) is 22.3 Å². The van der Waals surface area contributed by atoms with E-state index >= 15 is 0 Å². The third kappa shape index (κ3) is 4.09. The molecule has 0 spiro atoms. The Balaban J connectivity index is 1.87. The lowest BCUT2D eigenvalue weighted by Gasteiger charge is -2.16. The number of Topliss-reactive ketones (excluding diaryl/α,β-unsaturated/α-hetero) is 1. The molecule has 0 bridgehead atoms. The molecule has 1 aliphatic rings. The molecule has 0 amide bonds. The number of ketones is 1. The van der Waals surface area contributed by atoms with Crippen LogP contribution in [0.4, 0.5) is 0 Å². The molecule has 1 unspecified atom stereocenters. The Kier molecular flexibility index (Phi) is 5.64. The molecular weight excluding hydrogens is 328 g/mol. The predicted molar refractivity (Wildman–Crippen MR) is 99.3 cm³/mol. The molecule has 0 saturated carbocycles. The van der Waals surface area contributed by atoms with Crippen LogP contribution >= 0.6 is 0 Å². The molecule has 1 atom stereocenters. The number of carbonyl (C=O) groups excluding carboxylic acids is 2. The highest BCUT2D eigenvalue weighted by molar-refractivity contribution is 5.85. The molecule has 4 nitrogen and oxygen atoms in total. The molecule has 0 N–H and O–H groups in total. The Morgan fingerprint density at radius 1 is 0.923 bits per heavy atom. The lowest BCUT2D eigenvalue weighted by Crippen LogP contribution is -2.10. The van der Waals surface area contributed by atoms with Crippen molar-refractivity contribution in [3.8, 4) is 0 Å². The minimum absolute atomic E-state index is 0.0921. The summed E-state index contributed by atoms with van der Waals surface area (Å²) >= 11 is 0. The van der Waals surface area contributed by atoms with Crippen LogP contribution in [0.15, 0.2) is 60.2 Å². The monoisotopic (exact) mass is 350 g/mol. The average Bonchev–Trinajstić information content (AvgIpc) is 2.89. The normalized spacial score (nSPS) is 15.7. The minimum atomic E-state index is -0.376. The van der Waals surface area contributed by atoms with E-state index in [4.69, 9.17) is 9.47 Å². The lowest BCUT2D eigenvalue weighted by atomic mass is 9.91. The fraction of sp³-hybridized carbons (Fsp3) is 0.273. The van der Waals surface area contributed by atoms with Gasteiger partial charge in [-0.3, -0.25) is 9.59 Å². The van der Waals surface area contributed by atoms with Gasteiger partial charge in [0, 0.05) is 30.4 Å². The van der Waals surface area contributed by atoms with Gasteiger partial charge in [-0.15, -0.1) is 0 Å². The summed E-state index contributed by atoms with van der Waals surface area (Å²) in [5, 5.41) is 0. The van der Waals surface area contributed by atoms with Gasteiger partial charge >= 0.3 is 5.97 Å². The summed E-state index contributed by atoms with van der Waals surface area (Å²) < 4.78 is 11.4. The largest absolute Gasteiger partial charge is 0.426 e. The second-order valence-corrected chi connectivity index (χ2v) is 6.47. The van der Waals surface area contributed by atoms with E-state index in [2.05, 4.69) is 0 Å². The van der Waals surface area contributed by atoms with Crippen LogP contribution < -0.4 is 0 Å². The SMILES string of the molecule is CC(=O)CC1C(COCc2ccccc2)=C(OC(C)=O)c2ccccc21. The summed E-state index contributed by atoms with van der Waals surface area (Å²) in [7, 11) is 0. The molecule has 1 aliphatic carbocycles. The summed E-state index contributed by atoms with van der Waals surface area (Å²) in [4.78, 5) is 23.4. The van der Waals surface area contributed by atoms with Crippen molar-refractivity contribution in [1.29, 1.82) is 0 Å². The summed E-state index contributed by atoms with van der Waals surface area (Å²) in [5.74, 6) is 0.134. The van der Waals surface area contributed by atoms with E-state index in [0.29, 0.717) is 25.4 Å². The van der Waals surface area contributed by atoms with Crippen LogP contribution in [-0.4, -0.2) is 18.4 Å². The molecule has 26 heavy (non-hydrogen) atoms. The molecule has 2 aromatic rings. The van der Waals surface area contributed by atoms with E-state index < -0.39 is 0 Å². The van der Waals surface area contributed by atoms with Crippen LogP contribution in [0.2, 0.25) is 0 Å². The zero-order valence-corrected chi connectivity index (χ0v) is 15.0. The molecule has 134 valence electrons. The summed E-state index contributed by atoms with van der Waals surface area (Å²) in [6, 6.07) is 17.6. The molecule has 0 fully saturated rings. The molecule has 0 aromatic heterocycles. The first-order chi connectivity index (χ1) is 12.6. The maximum absolute atomic E-state index is 11.8. The van der Waals surface area contributed by atoms with Gasteiger partial charge in [-0.2, -0.15) is 0 Å². The molecule has 0 radical (unpaired) electrons. The second kappa shape index (κ2) is 8.11. The van der Waals surface area contributed by atoms with Gasteiger partial charge in [0.05, 0.1) is 13.2 Å².